The minimum Gasteiger partial charge on any atom is -0.494 e. The first-order valence-electron chi connectivity index (χ1n) is 27.6. The normalized spacial score (nSPS) is 10.3. The summed E-state index contributed by atoms with van der Waals surface area (Å²) in [6, 6.07) is 45.6. The average Bonchev–Trinajstić information content (AvgIpc) is 3.68. The van der Waals surface area contributed by atoms with Gasteiger partial charge in [-0.2, -0.15) is 0 Å². The van der Waals surface area contributed by atoms with Crippen LogP contribution < -0.4 is 18.9 Å². The van der Waals surface area contributed by atoms with Gasteiger partial charge in [-0.05, 0) is 182 Å². The molecule has 7 aromatic carbocycles. The minimum absolute atomic E-state index is 0.355. The number of carbonyl (C=O) groups excluding carboxylic acids is 4. The van der Waals surface area contributed by atoms with Gasteiger partial charge in [-0.25, -0.2) is 19.2 Å². The van der Waals surface area contributed by atoms with E-state index in [-0.39, 0.29) is 11.9 Å². The van der Waals surface area contributed by atoms with Crippen molar-refractivity contribution >= 4 is 45.4 Å². The topological polar surface area (TPSA) is 124 Å². The van der Waals surface area contributed by atoms with Crippen molar-refractivity contribution in [3.05, 3.63) is 218 Å². The smallest absolute Gasteiger partial charge is 0.343 e. The molecule has 0 aliphatic heterocycles. The second-order valence-corrected chi connectivity index (χ2v) is 17.9. The van der Waals surface area contributed by atoms with Gasteiger partial charge in [0.05, 0.1) is 37.6 Å². The molecule has 0 atom stereocenters. The summed E-state index contributed by atoms with van der Waals surface area (Å²) in [6.07, 6.45) is 14.1. The van der Waals surface area contributed by atoms with Crippen LogP contribution in [-0.2, 0) is 19.1 Å². The Bertz CT molecular complexity index is 2860. The molecule has 80 heavy (non-hydrogen) atoms. The van der Waals surface area contributed by atoms with Crippen molar-refractivity contribution in [3.63, 3.8) is 0 Å². The maximum Gasteiger partial charge on any atom is 0.343 e. The fraction of sp³-hybridized carbons (Fsp3) is 0.257. The van der Waals surface area contributed by atoms with Crippen LogP contribution >= 0.6 is 0 Å². The van der Waals surface area contributed by atoms with Gasteiger partial charge in [-0.1, -0.05) is 151 Å². The van der Waals surface area contributed by atoms with Crippen LogP contribution in [0.3, 0.4) is 0 Å². The molecule has 7 rings (SSSR count). The second-order valence-electron chi connectivity index (χ2n) is 17.9. The Labute approximate surface area is 474 Å². The molecule has 10 heteroatoms. The first kappa shape index (κ1) is 63.8. The highest BCUT2D eigenvalue weighted by Gasteiger charge is 2.18. The highest BCUT2D eigenvalue weighted by Crippen LogP contribution is 2.44. The average molecular weight is 1080 g/mol. The molecular formula is C70H78O10. The Hall–Kier alpha value is -8.76. The number of allylic oxidation sites excluding steroid dienone is 4. The number of fused-ring (bicyclic) bond motifs is 2. The Morgan fingerprint density at radius 2 is 0.675 bits per heavy atom. The van der Waals surface area contributed by atoms with Gasteiger partial charge in [-0.3, -0.25) is 0 Å². The Morgan fingerprint density at radius 3 is 0.963 bits per heavy atom. The maximum absolute atomic E-state index is 13.2. The predicted molar refractivity (Wildman–Crippen MR) is 327 cm³/mol. The molecule has 7 aromatic rings. The maximum atomic E-state index is 13.2. The second kappa shape index (κ2) is 35.6. The quantitative estimate of drug-likeness (QED) is 0.0129. The van der Waals surface area contributed by atoms with Crippen LogP contribution in [0.25, 0.3) is 43.8 Å². The molecule has 0 unspecified atom stereocenters. The largest absolute Gasteiger partial charge is 0.494 e. The van der Waals surface area contributed by atoms with Crippen molar-refractivity contribution in [2.75, 3.05) is 26.4 Å². The molecule has 0 aromatic heterocycles. The lowest BCUT2D eigenvalue weighted by atomic mass is 9.86. The van der Waals surface area contributed by atoms with Gasteiger partial charge in [0.25, 0.3) is 0 Å². The molecule has 0 aliphatic carbocycles. The van der Waals surface area contributed by atoms with E-state index in [1.54, 1.807) is 74.5 Å². The summed E-state index contributed by atoms with van der Waals surface area (Å²) >= 11 is 0. The number of rotatable bonds is 26. The van der Waals surface area contributed by atoms with Crippen LogP contribution in [0.4, 0.5) is 0 Å². The van der Waals surface area contributed by atoms with Gasteiger partial charge in [-0.15, -0.1) is 0 Å². The summed E-state index contributed by atoms with van der Waals surface area (Å²) in [5.74, 6) is 0.550. The van der Waals surface area contributed by atoms with Gasteiger partial charge < -0.3 is 28.4 Å². The Balaban J connectivity index is 0.00000128. The summed E-state index contributed by atoms with van der Waals surface area (Å²) < 4.78 is 33.6. The summed E-state index contributed by atoms with van der Waals surface area (Å²) in [5.41, 5.74) is 5.70. The van der Waals surface area contributed by atoms with E-state index in [9.17, 15) is 19.2 Å². The van der Waals surface area contributed by atoms with E-state index >= 15 is 0 Å². The predicted octanol–water partition coefficient (Wildman–Crippen LogP) is 17.8. The number of ether oxygens (including phenoxy) is 6. The van der Waals surface area contributed by atoms with Crippen molar-refractivity contribution in [2.24, 2.45) is 0 Å². The Kier molecular flexibility index (Phi) is 28.4. The SMILES string of the molecule is C=C(C)C(=O)OCCCCCCOc1ccc(C(=O)Oc2ccc(-c3c4ccccc4c(-c4ccc(OC(=O)c5ccc(OCCCCCCOC(=O)C(=C)C)cc5)cc4)c4ccccc34)cc2)cc1.C=C/C=C\C=C.CC.CC. The number of hydrogen-bond donors (Lipinski definition) is 0. The molecular weight excluding hydrogens is 1000 g/mol. The van der Waals surface area contributed by atoms with Crippen molar-refractivity contribution in [3.8, 4) is 45.3 Å². The lowest BCUT2D eigenvalue weighted by Crippen LogP contribution is -2.08. The number of benzene rings is 7. The molecule has 0 spiro atoms. The van der Waals surface area contributed by atoms with Gasteiger partial charge in [0.15, 0.2) is 0 Å². The minimum atomic E-state index is -0.467. The van der Waals surface area contributed by atoms with E-state index < -0.39 is 11.9 Å². The third-order valence-electron chi connectivity index (χ3n) is 12.0. The third kappa shape index (κ3) is 20.2. The van der Waals surface area contributed by atoms with E-state index in [0.29, 0.717) is 71.7 Å². The molecule has 10 nitrogen and oxygen atoms in total. The number of hydrogen-bond acceptors (Lipinski definition) is 10. The van der Waals surface area contributed by atoms with E-state index in [0.717, 1.165) is 95.2 Å². The molecule has 418 valence electrons. The Morgan fingerprint density at radius 1 is 0.388 bits per heavy atom. The first-order chi connectivity index (χ1) is 39.0. The van der Waals surface area contributed by atoms with E-state index in [2.05, 4.69) is 50.6 Å². The van der Waals surface area contributed by atoms with Gasteiger partial charge in [0.1, 0.15) is 23.0 Å². The third-order valence-corrected chi connectivity index (χ3v) is 12.0. The van der Waals surface area contributed by atoms with E-state index in [1.165, 1.54) is 0 Å². The van der Waals surface area contributed by atoms with Crippen molar-refractivity contribution < 1.29 is 47.6 Å². The molecule has 0 radical (unpaired) electrons. The zero-order chi connectivity index (χ0) is 58.1. The van der Waals surface area contributed by atoms with Crippen LogP contribution in [0, 0.1) is 0 Å². The first-order valence-corrected chi connectivity index (χ1v) is 27.6. The van der Waals surface area contributed by atoms with Gasteiger partial charge in [0.2, 0.25) is 0 Å². The highest BCUT2D eigenvalue weighted by molar-refractivity contribution is 6.21. The number of unbranched alkanes of at least 4 members (excludes halogenated alkanes) is 6. The molecule has 0 saturated heterocycles. The van der Waals surface area contributed by atoms with E-state index in [1.807, 2.05) is 113 Å². The lowest BCUT2D eigenvalue weighted by Gasteiger charge is -2.18. The van der Waals surface area contributed by atoms with E-state index in [4.69, 9.17) is 28.4 Å². The highest BCUT2D eigenvalue weighted by atomic mass is 16.5. The van der Waals surface area contributed by atoms with Crippen molar-refractivity contribution in [1.82, 2.24) is 0 Å². The van der Waals surface area contributed by atoms with Crippen LogP contribution in [0.2, 0.25) is 0 Å². The fourth-order valence-corrected chi connectivity index (χ4v) is 8.06. The van der Waals surface area contributed by atoms with Crippen LogP contribution in [0.15, 0.2) is 207 Å². The molecule has 0 N–H and O–H groups in total. The number of esters is 4. The molecule has 0 bridgehead atoms. The molecule has 0 aliphatic rings. The monoisotopic (exact) mass is 1080 g/mol. The zero-order valence-corrected chi connectivity index (χ0v) is 47.6. The van der Waals surface area contributed by atoms with Crippen LogP contribution in [0.5, 0.6) is 23.0 Å². The molecule has 0 heterocycles. The summed E-state index contributed by atoms with van der Waals surface area (Å²) in [7, 11) is 0. The van der Waals surface area contributed by atoms with Crippen LogP contribution in [-0.4, -0.2) is 50.3 Å². The van der Waals surface area contributed by atoms with Gasteiger partial charge >= 0.3 is 23.9 Å². The molecule has 0 fully saturated rings. The molecule has 0 amide bonds. The summed E-state index contributed by atoms with van der Waals surface area (Å²) in [5, 5.41) is 4.25. The van der Waals surface area contributed by atoms with Crippen LogP contribution in [0.1, 0.15) is 114 Å². The summed E-state index contributed by atoms with van der Waals surface area (Å²) in [4.78, 5) is 49.3. The van der Waals surface area contributed by atoms with Gasteiger partial charge in [0, 0.05) is 11.1 Å². The van der Waals surface area contributed by atoms with Crippen molar-refractivity contribution in [1.29, 1.82) is 0 Å². The standard InChI is InChI=1S/C60H58O10.C6H8.2C2H6/c1-41(2)57(61)67-39-15-7-5-13-37-65-47-29-25-45(26-30-47)59(63)69-49-33-21-43(22-34-49)55-51-17-9-11-19-53(51)56(54-20-12-10-18-52(54)55)44-23-35-50(36-24-44)70-60(64)46-27-31-48(32-28-46)66-38-14-6-8-16-40-68-58(62)42(3)4;1-3-5-6-4-2;2*1-2/h9-12,17-36H,1,3,5-8,13-16,37-40H2,2,4H3;3-6H,1-2H2;2*1-2H3/b;6-5-;;. The number of carbonyl (C=O) groups is 4. The van der Waals surface area contributed by atoms with Crippen molar-refractivity contribution in [2.45, 2.75) is 92.9 Å². The lowest BCUT2D eigenvalue weighted by molar-refractivity contribution is -0.139. The molecule has 0 saturated carbocycles. The zero-order valence-electron chi connectivity index (χ0n) is 47.6. The summed E-state index contributed by atoms with van der Waals surface area (Å²) in [6.45, 7) is 27.2. The fourth-order valence-electron chi connectivity index (χ4n) is 8.06.